The fraction of sp³-hybridized carbons (Fsp3) is 0.300. The maximum atomic E-state index is 12.1. The predicted octanol–water partition coefficient (Wildman–Crippen LogP) is 4.32. The van der Waals surface area contributed by atoms with Crippen LogP contribution in [0, 0.1) is 13.8 Å². The van der Waals surface area contributed by atoms with Crippen molar-refractivity contribution in [2.45, 2.75) is 39.7 Å². The molecule has 1 N–H and O–H groups in total. The second-order valence-corrected chi connectivity index (χ2v) is 5.87. The third-order valence-electron chi connectivity index (χ3n) is 3.94. The number of ether oxygens (including phenoxy) is 1. The highest BCUT2D eigenvalue weighted by Crippen LogP contribution is 2.22. The van der Waals surface area contributed by atoms with Crippen molar-refractivity contribution in [3.63, 3.8) is 0 Å². The van der Waals surface area contributed by atoms with Gasteiger partial charge in [-0.15, -0.1) is 0 Å². The zero-order valence-electron chi connectivity index (χ0n) is 14.0. The first-order valence-electron chi connectivity index (χ1n) is 8.00. The molecule has 0 saturated heterocycles. The van der Waals surface area contributed by atoms with Gasteiger partial charge in [-0.3, -0.25) is 9.59 Å². The molecule has 0 bridgehead atoms. The van der Waals surface area contributed by atoms with Crippen molar-refractivity contribution < 1.29 is 19.4 Å². The van der Waals surface area contributed by atoms with Gasteiger partial charge in [0, 0.05) is 18.4 Å². The van der Waals surface area contributed by atoms with E-state index in [2.05, 4.69) is 0 Å². The van der Waals surface area contributed by atoms with Gasteiger partial charge in [-0.05, 0) is 55.2 Å². The van der Waals surface area contributed by atoms with Crippen molar-refractivity contribution in [1.82, 2.24) is 0 Å². The molecule has 0 saturated carbocycles. The Morgan fingerprint density at radius 3 is 2.42 bits per heavy atom. The van der Waals surface area contributed by atoms with Crippen LogP contribution in [-0.2, 0) is 11.4 Å². The molecule has 126 valence electrons. The molecule has 0 aliphatic carbocycles. The summed E-state index contributed by atoms with van der Waals surface area (Å²) in [4.78, 5) is 22.6. The van der Waals surface area contributed by atoms with E-state index in [9.17, 15) is 9.59 Å². The van der Waals surface area contributed by atoms with Crippen LogP contribution < -0.4 is 4.74 Å². The van der Waals surface area contributed by atoms with E-state index in [0.717, 1.165) is 16.9 Å². The van der Waals surface area contributed by atoms with Gasteiger partial charge in [-0.25, -0.2) is 0 Å². The molecule has 4 nitrogen and oxygen atoms in total. The number of benzene rings is 2. The van der Waals surface area contributed by atoms with Crippen LogP contribution in [0.15, 0.2) is 42.5 Å². The minimum Gasteiger partial charge on any atom is -0.489 e. The Morgan fingerprint density at radius 2 is 1.75 bits per heavy atom. The van der Waals surface area contributed by atoms with Crippen LogP contribution in [0.2, 0.25) is 0 Å². The van der Waals surface area contributed by atoms with Crippen molar-refractivity contribution in [3.8, 4) is 5.75 Å². The summed E-state index contributed by atoms with van der Waals surface area (Å²) in [5, 5.41) is 8.62. The van der Waals surface area contributed by atoms with Crippen molar-refractivity contribution in [2.75, 3.05) is 0 Å². The highest BCUT2D eigenvalue weighted by Gasteiger charge is 2.10. The fourth-order valence-corrected chi connectivity index (χ4v) is 2.46. The average Bonchev–Trinajstić information content (AvgIpc) is 2.54. The first kappa shape index (κ1) is 17.7. The minimum atomic E-state index is -0.876. The molecular formula is C20H22O4. The molecule has 0 radical (unpaired) electrons. The molecule has 0 aliphatic rings. The van der Waals surface area contributed by atoms with E-state index >= 15 is 0 Å². The summed E-state index contributed by atoms with van der Waals surface area (Å²) in [6.07, 6.45) is 0.621. The zero-order chi connectivity index (χ0) is 17.5. The quantitative estimate of drug-likeness (QED) is 0.734. The summed E-state index contributed by atoms with van der Waals surface area (Å²) in [5.74, 6) is -0.163. The summed E-state index contributed by atoms with van der Waals surface area (Å²) < 4.78 is 5.86. The monoisotopic (exact) mass is 326 g/mol. The molecule has 0 heterocycles. The number of carbonyl (C=O) groups is 2. The largest absolute Gasteiger partial charge is 0.489 e. The summed E-state index contributed by atoms with van der Waals surface area (Å²) in [7, 11) is 0. The molecule has 0 aliphatic heterocycles. The molecule has 0 amide bonds. The number of ketones is 1. The van der Waals surface area contributed by atoms with Crippen LogP contribution >= 0.6 is 0 Å². The maximum absolute atomic E-state index is 12.1. The molecule has 0 spiro atoms. The number of hydrogen-bond acceptors (Lipinski definition) is 3. The van der Waals surface area contributed by atoms with Crippen LogP contribution in [-0.4, -0.2) is 16.9 Å². The Hall–Kier alpha value is -2.62. The lowest BCUT2D eigenvalue weighted by Gasteiger charge is -2.12. The van der Waals surface area contributed by atoms with Gasteiger partial charge in [0.1, 0.15) is 12.4 Å². The van der Waals surface area contributed by atoms with Crippen molar-refractivity contribution in [2.24, 2.45) is 0 Å². The second-order valence-electron chi connectivity index (χ2n) is 5.87. The van der Waals surface area contributed by atoms with Crippen molar-refractivity contribution >= 4 is 11.8 Å². The van der Waals surface area contributed by atoms with E-state index in [1.54, 1.807) is 18.2 Å². The van der Waals surface area contributed by atoms with Crippen molar-refractivity contribution in [1.29, 1.82) is 0 Å². The van der Waals surface area contributed by atoms with Crippen LogP contribution in [0.1, 0.15) is 46.3 Å². The van der Waals surface area contributed by atoms with Gasteiger partial charge < -0.3 is 9.84 Å². The van der Waals surface area contributed by atoms with E-state index in [0.29, 0.717) is 18.6 Å². The van der Waals surface area contributed by atoms with Crippen LogP contribution in [0.4, 0.5) is 0 Å². The van der Waals surface area contributed by atoms with Gasteiger partial charge in [0.2, 0.25) is 0 Å². The first-order chi connectivity index (χ1) is 11.5. The number of carboxylic acids is 1. The van der Waals surface area contributed by atoms with Gasteiger partial charge in [-0.1, -0.05) is 24.3 Å². The zero-order valence-corrected chi connectivity index (χ0v) is 14.0. The Morgan fingerprint density at radius 1 is 1.00 bits per heavy atom. The molecule has 0 unspecified atom stereocenters. The smallest absolute Gasteiger partial charge is 0.303 e. The number of Topliss-reactive ketones (excluding diaryl/α,β-unsaturated/α-hetero) is 1. The molecule has 0 aromatic heterocycles. The summed E-state index contributed by atoms with van der Waals surface area (Å²) in [6.45, 7) is 4.44. The molecular weight excluding hydrogens is 304 g/mol. The lowest BCUT2D eigenvalue weighted by molar-refractivity contribution is -0.137. The Labute approximate surface area is 142 Å². The minimum absolute atomic E-state index is 0.0162. The topological polar surface area (TPSA) is 63.6 Å². The molecule has 2 aromatic carbocycles. The second kappa shape index (κ2) is 8.29. The van der Waals surface area contributed by atoms with Gasteiger partial charge >= 0.3 is 5.97 Å². The molecule has 4 heteroatoms. The average molecular weight is 326 g/mol. The molecule has 2 aromatic rings. The standard InChI is InChI=1S/C20H22O4/c1-14-6-3-4-7-17(14)13-24-19-11-10-16(12-15(19)2)18(21)8-5-9-20(22)23/h3-4,6-7,10-12H,5,8-9,13H2,1-2H3,(H,22,23). The lowest BCUT2D eigenvalue weighted by Crippen LogP contribution is -2.03. The normalized spacial score (nSPS) is 10.4. The Balaban J connectivity index is 1.98. The highest BCUT2D eigenvalue weighted by atomic mass is 16.5. The third kappa shape index (κ3) is 4.95. The van der Waals surface area contributed by atoms with Gasteiger partial charge in [0.25, 0.3) is 0 Å². The van der Waals surface area contributed by atoms with Gasteiger partial charge in [-0.2, -0.15) is 0 Å². The van der Waals surface area contributed by atoms with E-state index < -0.39 is 5.97 Å². The molecule has 0 atom stereocenters. The number of carboxylic acid groups (broad SMARTS) is 1. The Bertz CT molecular complexity index is 734. The summed E-state index contributed by atoms with van der Waals surface area (Å²) in [6, 6.07) is 13.4. The third-order valence-corrected chi connectivity index (χ3v) is 3.94. The van der Waals surface area contributed by atoms with Crippen molar-refractivity contribution in [3.05, 3.63) is 64.7 Å². The number of aliphatic carboxylic acids is 1. The van der Waals surface area contributed by atoms with Gasteiger partial charge in [0.05, 0.1) is 0 Å². The molecule has 24 heavy (non-hydrogen) atoms. The molecule has 2 rings (SSSR count). The van der Waals surface area contributed by atoms with E-state index in [4.69, 9.17) is 9.84 Å². The molecule has 0 fully saturated rings. The number of rotatable bonds is 8. The maximum Gasteiger partial charge on any atom is 0.303 e. The summed E-state index contributed by atoms with van der Waals surface area (Å²) in [5.41, 5.74) is 3.81. The number of carbonyl (C=O) groups excluding carboxylic acids is 1. The van der Waals surface area contributed by atoms with E-state index in [1.807, 2.05) is 38.1 Å². The SMILES string of the molecule is Cc1ccccc1COc1ccc(C(=O)CCCC(=O)O)cc1C. The fourth-order valence-electron chi connectivity index (χ4n) is 2.46. The van der Waals surface area contributed by atoms with Crippen LogP contribution in [0.5, 0.6) is 5.75 Å². The van der Waals surface area contributed by atoms with E-state index in [-0.39, 0.29) is 18.6 Å². The van der Waals surface area contributed by atoms with Crippen LogP contribution in [0.25, 0.3) is 0 Å². The number of aryl methyl sites for hydroxylation is 2. The van der Waals surface area contributed by atoms with Crippen LogP contribution in [0.3, 0.4) is 0 Å². The lowest BCUT2D eigenvalue weighted by atomic mass is 10.0. The highest BCUT2D eigenvalue weighted by molar-refractivity contribution is 5.96. The van der Waals surface area contributed by atoms with E-state index in [1.165, 1.54) is 5.56 Å². The first-order valence-corrected chi connectivity index (χ1v) is 8.00. The summed E-state index contributed by atoms with van der Waals surface area (Å²) >= 11 is 0. The van der Waals surface area contributed by atoms with Gasteiger partial charge in [0.15, 0.2) is 5.78 Å². The predicted molar refractivity (Wildman–Crippen MR) is 92.5 cm³/mol. The Kier molecular flexibility index (Phi) is 6.13. The number of hydrogen-bond donors (Lipinski definition) is 1.